The third kappa shape index (κ3) is 3.96. The van der Waals surface area contributed by atoms with Crippen molar-refractivity contribution >= 4 is 0 Å². The van der Waals surface area contributed by atoms with E-state index >= 15 is 0 Å². The Morgan fingerprint density at radius 1 is 1.10 bits per heavy atom. The second-order valence-electron chi connectivity index (χ2n) is 6.02. The molecule has 2 heteroatoms. The zero-order chi connectivity index (χ0) is 15.2. The van der Waals surface area contributed by atoms with Crippen molar-refractivity contribution in [1.82, 2.24) is 9.97 Å². The lowest BCUT2D eigenvalue weighted by Crippen LogP contribution is -2.00. The lowest BCUT2D eigenvalue weighted by Gasteiger charge is -2.13. The molecule has 0 fully saturated rings. The monoisotopic (exact) mass is 286 g/mol. The summed E-state index contributed by atoms with van der Waals surface area (Å²) in [5.41, 5.74) is 6.62. The van der Waals surface area contributed by atoms with Crippen molar-refractivity contribution in [1.29, 1.82) is 0 Å². The number of nitrogens with one attached hydrogen (secondary N) is 1. The van der Waals surface area contributed by atoms with Crippen LogP contribution in [0.25, 0.3) is 11.3 Å². The second-order valence-corrected chi connectivity index (χ2v) is 6.02. The molecule has 0 amide bonds. The summed E-state index contributed by atoms with van der Waals surface area (Å²) in [4.78, 5) is 8.08. The molecule has 0 saturated heterocycles. The van der Waals surface area contributed by atoms with Gasteiger partial charge in [0.2, 0.25) is 0 Å². The summed E-state index contributed by atoms with van der Waals surface area (Å²) in [6.07, 6.45) is 7.47. The predicted octanol–water partition coefficient (Wildman–Crippen LogP) is 5.62. The number of aromatic amines is 1. The van der Waals surface area contributed by atoms with Gasteiger partial charge in [-0.25, -0.2) is 4.98 Å². The zero-order valence-electron chi connectivity index (χ0n) is 13.9. The average Bonchev–Trinajstić information content (AvgIpc) is 2.82. The molecule has 2 aromatic rings. The fourth-order valence-corrected chi connectivity index (χ4v) is 2.72. The Bertz CT molecular complexity index is 585. The van der Waals surface area contributed by atoms with Crippen molar-refractivity contribution < 1.29 is 1.43 Å². The second kappa shape index (κ2) is 7.44. The normalized spacial score (nSPS) is 13.3. The molecule has 1 aliphatic rings. The van der Waals surface area contributed by atoms with Crippen LogP contribution in [0.15, 0.2) is 18.2 Å². The number of aryl methyl sites for hydroxylation is 4. The highest BCUT2D eigenvalue weighted by Crippen LogP contribution is 2.30. The van der Waals surface area contributed by atoms with E-state index in [-0.39, 0.29) is 1.43 Å². The van der Waals surface area contributed by atoms with E-state index in [0.29, 0.717) is 0 Å². The van der Waals surface area contributed by atoms with Crippen LogP contribution >= 0.6 is 0 Å². The fourth-order valence-electron chi connectivity index (χ4n) is 2.72. The van der Waals surface area contributed by atoms with Gasteiger partial charge in [-0.05, 0) is 45.1 Å². The van der Waals surface area contributed by atoms with Crippen LogP contribution in [0.5, 0.6) is 0 Å². The molecule has 0 unspecified atom stereocenters. The molecule has 0 spiro atoms. The minimum Gasteiger partial charge on any atom is -0.346 e. The van der Waals surface area contributed by atoms with E-state index in [9.17, 15) is 0 Å². The van der Waals surface area contributed by atoms with Crippen LogP contribution in [0.2, 0.25) is 0 Å². The molecule has 0 bridgehead atoms. The highest BCUT2D eigenvalue weighted by molar-refractivity contribution is 5.67. The Morgan fingerprint density at radius 3 is 2.52 bits per heavy atom. The first-order valence-electron chi connectivity index (χ1n) is 8.31. The van der Waals surface area contributed by atoms with E-state index in [2.05, 4.69) is 48.9 Å². The van der Waals surface area contributed by atoms with E-state index in [1.54, 1.807) is 0 Å². The smallest absolute Gasteiger partial charge is 0.103 e. The standard InChI is InChI=1S/C15H18N2.C4H10.H2/c1-10-7-8-13-12(9-10)5-3-4-6-14-15(13)17-11(2)16-14;1-3-4-2;/h7-9H,3-6H2,1-2H3,(H,16,17);3-4H2,1-2H3;1H. The molecule has 1 aromatic carbocycles. The molecule has 1 heterocycles. The third-order valence-electron chi connectivity index (χ3n) is 4.04. The maximum absolute atomic E-state index is 4.67. The van der Waals surface area contributed by atoms with E-state index < -0.39 is 0 Å². The third-order valence-corrected chi connectivity index (χ3v) is 4.04. The summed E-state index contributed by atoms with van der Waals surface area (Å²) in [5.74, 6) is 1.03. The Balaban J connectivity index is 0.000000436. The maximum Gasteiger partial charge on any atom is 0.103 e. The minimum absolute atomic E-state index is 0. The van der Waals surface area contributed by atoms with E-state index in [4.69, 9.17) is 0 Å². The van der Waals surface area contributed by atoms with E-state index in [1.807, 2.05) is 6.92 Å². The summed E-state index contributed by atoms with van der Waals surface area (Å²) in [7, 11) is 0. The van der Waals surface area contributed by atoms with Crippen LogP contribution in [0.1, 0.15) is 63.6 Å². The maximum atomic E-state index is 4.67. The molecular formula is C19H30N2. The van der Waals surface area contributed by atoms with Gasteiger partial charge < -0.3 is 4.98 Å². The van der Waals surface area contributed by atoms with Gasteiger partial charge in [-0.3, -0.25) is 0 Å². The minimum atomic E-state index is 0. The largest absolute Gasteiger partial charge is 0.346 e. The molecule has 0 aliphatic heterocycles. The van der Waals surface area contributed by atoms with Crippen LogP contribution in [0, 0.1) is 13.8 Å². The molecule has 3 rings (SSSR count). The number of nitrogens with zero attached hydrogens (tertiary/aromatic N) is 1. The molecule has 0 radical (unpaired) electrons. The van der Waals surface area contributed by atoms with E-state index in [0.717, 1.165) is 12.2 Å². The number of hydrogen-bond donors (Lipinski definition) is 1. The summed E-state index contributed by atoms with van der Waals surface area (Å²) in [6.45, 7) is 8.56. The van der Waals surface area contributed by atoms with Gasteiger partial charge in [0.15, 0.2) is 0 Å². The first kappa shape index (κ1) is 15.8. The molecule has 21 heavy (non-hydrogen) atoms. The number of imidazole rings is 1. The number of H-pyrrole nitrogens is 1. The molecule has 0 saturated carbocycles. The van der Waals surface area contributed by atoms with Gasteiger partial charge >= 0.3 is 0 Å². The molecule has 2 nitrogen and oxygen atoms in total. The van der Waals surface area contributed by atoms with Gasteiger partial charge in [-0.1, -0.05) is 50.5 Å². The molecular weight excluding hydrogens is 256 g/mol. The summed E-state index contributed by atoms with van der Waals surface area (Å²) < 4.78 is 0. The summed E-state index contributed by atoms with van der Waals surface area (Å²) in [5, 5.41) is 0. The first-order chi connectivity index (χ1) is 10.2. The fraction of sp³-hybridized carbons (Fsp3) is 0.526. The molecule has 1 aliphatic carbocycles. The Kier molecular flexibility index (Phi) is 5.60. The lowest BCUT2D eigenvalue weighted by molar-refractivity contribution is 0.719. The first-order valence-corrected chi connectivity index (χ1v) is 8.31. The molecule has 1 N–H and O–H groups in total. The van der Waals surface area contributed by atoms with Gasteiger partial charge in [0.05, 0.1) is 5.69 Å². The number of aromatic nitrogens is 2. The number of benzene rings is 1. The van der Waals surface area contributed by atoms with Crippen molar-refractivity contribution in [3.05, 3.63) is 40.8 Å². The Hall–Kier alpha value is -1.57. The lowest BCUT2D eigenvalue weighted by atomic mass is 9.92. The number of rotatable bonds is 1. The van der Waals surface area contributed by atoms with Crippen molar-refractivity contribution in [3.63, 3.8) is 0 Å². The number of hydrogen-bond acceptors (Lipinski definition) is 1. The van der Waals surface area contributed by atoms with Gasteiger partial charge in [0.1, 0.15) is 5.82 Å². The van der Waals surface area contributed by atoms with E-state index in [1.165, 1.54) is 60.2 Å². The number of fused-ring (bicyclic) bond motifs is 3. The Labute approximate surface area is 130 Å². The van der Waals surface area contributed by atoms with Crippen molar-refractivity contribution in [2.45, 2.75) is 66.2 Å². The van der Waals surface area contributed by atoms with Crippen LogP contribution < -0.4 is 0 Å². The summed E-state index contributed by atoms with van der Waals surface area (Å²) in [6, 6.07) is 6.73. The molecule has 0 atom stereocenters. The Morgan fingerprint density at radius 2 is 1.81 bits per heavy atom. The highest BCUT2D eigenvalue weighted by Gasteiger charge is 2.16. The topological polar surface area (TPSA) is 28.7 Å². The van der Waals surface area contributed by atoms with Gasteiger partial charge in [-0.15, -0.1) is 0 Å². The quantitative estimate of drug-likeness (QED) is 0.723. The molecule has 116 valence electrons. The zero-order valence-corrected chi connectivity index (χ0v) is 13.9. The highest BCUT2D eigenvalue weighted by atomic mass is 14.9. The number of unbranched alkanes of at least 4 members (excludes halogenated alkanes) is 1. The predicted molar refractivity (Wildman–Crippen MR) is 92.8 cm³/mol. The molecule has 1 aromatic heterocycles. The van der Waals surface area contributed by atoms with Crippen molar-refractivity contribution in [2.75, 3.05) is 0 Å². The van der Waals surface area contributed by atoms with Crippen LogP contribution in [-0.2, 0) is 12.8 Å². The van der Waals surface area contributed by atoms with Crippen LogP contribution in [-0.4, -0.2) is 9.97 Å². The van der Waals surface area contributed by atoms with Crippen LogP contribution in [0.4, 0.5) is 0 Å². The van der Waals surface area contributed by atoms with Crippen LogP contribution in [0.3, 0.4) is 0 Å². The van der Waals surface area contributed by atoms with Gasteiger partial charge in [0, 0.05) is 12.7 Å². The van der Waals surface area contributed by atoms with Crippen molar-refractivity contribution in [2.24, 2.45) is 0 Å². The van der Waals surface area contributed by atoms with Gasteiger partial charge in [0.25, 0.3) is 0 Å². The average molecular weight is 286 g/mol. The van der Waals surface area contributed by atoms with Crippen molar-refractivity contribution in [3.8, 4) is 11.3 Å². The SMILES string of the molecule is CCCC.Cc1ccc2c(c1)CCCCc1[nH]c(C)nc1-2.[HH]. The van der Waals surface area contributed by atoms with Gasteiger partial charge in [-0.2, -0.15) is 0 Å². The summed E-state index contributed by atoms with van der Waals surface area (Å²) >= 11 is 0.